The zero-order chi connectivity index (χ0) is 10.8. The molecule has 1 aromatic heterocycles. The first-order valence-corrected chi connectivity index (χ1v) is 5.79. The monoisotopic (exact) mass is 241 g/mol. The Bertz CT molecular complexity index is 501. The highest BCUT2D eigenvalue weighted by atomic mass is 32.2. The van der Waals surface area contributed by atoms with Gasteiger partial charge in [-0.05, 0) is 17.7 Å². The fourth-order valence-electron chi connectivity index (χ4n) is 1.14. The van der Waals surface area contributed by atoms with E-state index in [1.165, 1.54) is 23.5 Å². The second-order valence-corrected chi connectivity index (χ2v) is 4.95. The van der Waals surface area contributed by atoms with Gasteiger partial charge in [0, 0.05) is 22.4 Å². The third kappa shape index (κ3) is 2.31. The Morgan fingerprint density at radius 1 is 1.27 bits per heavy atom. The summed E-state index contributed by atoms with van der Waals surface area (Å²) in [6.07, 6.45) is 0. The van der Waals surface area contributed by atoms with Crippen LogP contribution in [0.1, 0.15) is 0 Å². The largest absolute Gasteiger partial charge is 0.595 e. The Morgan fingerprint density at radius 3 is 2.40 bits per heavy atom. The van der Waals surface area contributed by atoms with E-state index in [2.05, 4.69) is 0 Å². The van der Waals surface area contributed by atoms with E-state index in [9.17, 15) is 10.0 Å². The molecule has 0 aliphatic heterocycles. The predicted octanol–water partition coefficient (Wildman–Crippen LogP) is 1.24. The van der Waals surface area contributed by atoms with E-state index in [0.717, 1.165) is 21.8 Å². The van der Waals surface area contributed by atoms with Gasteiger partial charge in [-0.1, -0.05) is 22.7 Å². The topological polar surface area (TPSA) is 64.8 Å². The van der Waals surface area contributed by atoms with E-state index in [1.54, 1.807) is 17.5 Å². The molecule has 0 radical (unpaired) electrons. The van der Waals surface area contributed by atoms with Crippen LogP contribution < -0.4 is 9.28 Å². The summed E-state index contributed by atoms with van der Waals surface area (Å²) < 4.78 is 0.0484. The summed E-state index contributed by atoms with van der Waals surface area (Å²) in [4.78, 5) is 11.9. The highest BCUT2D eigenvalue weighted by Gasteiger charge is 2.03. The summed E-state index contributed by atoms with van der Waals surface area (Å²) in [5, 5.41) is 20.1. The minimum absolute atomic E-state index is 0.0484. The van der Waals surface area contributed by atoms with Crippen LogP contribution in [-0.2, 0) is 0 Å². The van der Waals surface area contributed by atoms with E-state index >= 15 is 0 Å². The van der Waals surface area contributed by atoms with Crippen LogP contribution in [-0.4, -0.2) is 5.21 Å². The maximum absolute atomic E-state index is 11.0. The molecule has 2 aromatic rings. The van der Waals surface area contributed by atoms with Crippen LogP contribution in [0.5, 0.6) is 0 Å². The van der Waals surface area contributed by atoms with Crippen molar-refractivity contribution in [1.29, 1.82) is 0 Å². The van der Waals surface area contributed by atoms with Gasteiger partial charge in [0.1, 0.15) is 0 Å². The van der Waals surface area contributed by atoms with Gasteiger partial charge in [-0.2, -0.15) is 5.23 Å². The number of benzene rings is 1. The van der Waals surface area contributed by atoms with Crippen LogP contribution in [0.15, 0.2) is 34.4 Å². The number of rotatable bonds is 2. The first-order chi connectivity index (χ1) is 7.16. The van der Waals surface area contributed by atoms with Crippen molar-refractivity contribution in [2.24, 2.45) is 0 Å². The summed E-state index contributed by atoms with van der Waals surface area (Å²) in [5.41, 5.74) is 1.13. The highest BCUT2D eigenvalue weighted by Crippen LogP contribution is 2.24. The molecule has 0 spiro atoms. The molecule has 1 unspecified atom stereocenters. The quantitative estimate of drug-likeness (QED) is 0.777. The third-order valence-corrected chi connectivity index (χ3v) is 3.85. The van der Waals surface area contributed by atoms with E-state index in [4.69, 9.17) is 5.21 Å². The minimum atomic E-state index is -0.944. The molecule has 78 valence electrons. The Labute approximate surface area is 93.2 Å². The summed E-state index contributed by atoms with van der Waals surface area (Å²) in [7, 11) is 0. The van der Waals surface area contributed by atoms with Gasteiger partial charge in [-0.3, -0.25) is 4.79 Å². The molecule has 15 heavy (non-hydrogen) atoms. The van der Waals surface area contributed by atoms with Gasteiger partial charge in [-0.25, -0.2) is 5.21 Å². The fourth-order valence-corrected chi connectivity index (χ4v) is 2.86. The number of hydrogen-bond acceptors (Lipinski definition) is 5. The lowest BCUT2D eigenvalue weighted by atomic mass is 10.2. The SMILES string of the molecule is O=c1scc(-c2ccc([NH+]([O-])O)cc2)s1. The van der Waals surface area contributed by atoms with Crippen molar-refractivity contribution in [3.8, 4) is 10.4 Å². The molecule has 0 bridgehead atoms. The van der Waals surface area contributed by atoms with Crippen molar-refractivity contribution in [3.63, 3.8) is 0 Å². The molecule has 0 aliphatic carbocycles. The molecule has 0 aliphatic rings. The number of nitrogens with one attached hydrogen (secondary N) is 1. The molecule has 2 rings (SSSR count). The van der Waals surface area contributed by atoms with Crippen molar-refractivity contribution in [3.05, 3.63) is 43.7 Å². The van der Waals surface area contributed by atoms with Gasteiger partial charge < -0.3 is 5.21 Å². The van der Waals surface area contributed by atoms with E-state index in [1.807, 2.05) is 0 Å². The molecule has 1 heterocycles. The molecule has 0 amide bonds. The highest BCUT2D eigenvalue weighted by molar-refractivity contribution is 7.28. The molecule has 0 saturated heterocycles. The maximum Gasteiger partial charge on any atom is 0.287 e. The third-order valence-electron chi connectivity index (χ3n) is 1.87. The van der Waals surface area contributed by atoms with E-state index in [-0.39, 0.29) is 9.74 Å². The Hall–Kier alpha value is -1.05. The van der Waals surface area contributed by atoms with E-state index in [0.29, 0.717) is 0 Å². The summed E-state index contributed by atoms with van der Waals surface area (Å²) >= 11 is 2.33. The first-order valence-electron chi connectivity index (χ1n) is 4.09. The lowest BCUT2D eigenvalue weighted by Crippen LogP contribution is -2.99. The normalized spacial score (nSPS) is 12.7. The molecular weight excluding hydrogens is 234 g/mol. The lowest BCUT2D eigenvalue weighted by molar-refractivity contribution is -0.991. The van der Waals surface area contributed by atoms with Gasteiger partial charge >= 0.3 is 0 Å². The molecule has 0 fully saturated rings. The Balaban J connectivity index is 2.35. The zero-order valence-electron chi connectivity index (χ0n) is 7.47. The van der Waals surface area contributed by atoms with Gasteiger partial charge in [0.05, 0.1) is 0 Å². The molecule has 4 nitrogen and oxygen atoms in total. The summed E-state index contributed by atoms with van der Waals surface area (Å²) in [5.74, 6) is 0. The van der Waals surface area contributed by atoms with Crippen LogP contribution in [0.2, 0.25) is 0 Å². The number of hydrogen-bond donors (Lipinski definition) is 2. The van der Waals surface area contributed by atoms with Crippen LogP contribution in [0.4, 0.5) is 5.69 Å². The van der Waals surface area contributed by atoms with E-state index < -0.39 is 5.23 Å². The Kier molecular flexibility index (Phi) is 2.94. The molecule has 6 heteroatoms. The predicted molar refractivity (Wildman–Crippen MR) is 59.7 cm³/mol. The second kappa shape index (κ2) is 4.21. The zero-order valence-corrected chi connectivity index (χ0v) is 9.10. The van der Waals surface area contributed by atoms with Gasteiger partial charge in [0.25, 0.3) is 4.06 Å². The standard InChI is InChI=1S/C9H7NO3S2/c11-9-14-5-8(15-9)6-1-3-7(4-2-6)10(12)13/h1-5,10,12H. The molecule has 1 atom stereocenters. The maximum atomic E-state index is 11.0. The van der Waals surface area contributed by atoms with Crippen molar-refractivity contribution in [2.45, 2.75) is 0 Å². The average Bonchev–Trinajstić information content (AvgIpc) is 2.65. The molecule has 0 saturated carbocycles. The average molecular weight is 241 g/mol. The smallest absolute Gasteiger partial charge is 0.287 e. The van der Waals surface area contributed by atoms with Crippen LogP contribution in [0, 0.1) is 5.21 Å². The molecule has 1 aromatic carbocycles. The first kappa shape index (κ1) is 10.5. The second-order valence-electron chi connectivity index (χ2n) is 2.83. The number of quaternary nitrogens is 1. The van der Waals surface area contributed by atoms with Crippen molar-refractivity contribution >= 4 is 28.4 Å². The van der Waals surface area contributed by atoms with Gasteiger partial charge in [0.2, 0.25) is 0 Å². The summed E-state index contributed by atoms with van der Waals surface area (Å²) in [6.45, 7) is 0. The Morgan fingerprint density at radius 2 is 1.93 bits per heavy atom. The van der Waals surface area contributed by atoms with Crippen LogP contribution >= 0.6 is 22.7 Å². The van der Waals surface area contributed by atoms with Crippen molar-refractivity contribution in [1.82, 2.24) is 0 Å². The summed E-state index contributed by atoms with van der Waals surface area (Å²) in [6, 6.07) is 6.49. The lowest BCUT2D eigenvalue weighted by Gasteiger charge is -2.11. The van der Waals surface area contributed by atoms with Crippen molar-refractivity contribution < 1.29 is 10.4 Å². The molecular formula is C9H7NO3S2. The van der Waals surface area contributed by atoms with Gasteiger partial charge in [0.15, 0.2) is 5.69 Å². The van der Waals surface area contributed by atoms with Gasteiger partial charge in [-0.15, -0.1) is 0 Å². The molecule has 2 N–H and O–H groups in total. The minimum Gasteiger partial charge on any atom is -0.595 e. The van der Waals surface area contributed by atoms with Crippen molar-refractivity contribution in [2.75, 3.05) is 0 Å². The fraction of sp³-hybridized carbons (Fsp3) is 0. The van der Waals surface area contributed by atoms with Crippen LogP contribution in [0.25, 0.3) is 10.4 Å². The van der Waals surface area contributed by atoms with Crippen LogP contribution in [0.3, 0.4) is 0 Å².